The first-order chi connectivity index (χ1) is 10.7. The van der Waals surface area contributed by atoms with Crippen molar-refractivity contribution in [1.29, 1.82) is 0 Å². The summed E-state index contributed by atoms with van der Waals surface area (Å²) in [7, 11) is 0. The number of H-pyrrole nitrogens is 1. The van der Waals surface area contributed by atoms with Crippen LogP contribution in [0.2, 0.25) is 0 Å². The Bertz CT molecular complexity index is 696. The number of fused-ring (bicyclic) bond motifs is 1. The molecule has 0 bridgehead atoms. The number of carbonyl (C=O) groups excluding carboxylic acids is 2. The topological polar surface area (TPSA) is 90.1 Å². The minimum absolute atomic E-state index is 0.0158. The number of rotatable bonds is 3. The van der Waals surface area contributed by atoms with Gasteiger partial charge in [0.05, 0.1) is 11.7 Å². The Morgan fingerprint density at radius 1 is 1.55 bits per heavy atom. The number of piperidine rings is 1. The van der Waals surface area contributed by atoms with Crippen LogP contribution in [-0.2, 0) is 4.79 Å². The highest BCUT2D eigenvalue weighted by molar-refractivity contribution is 5.94. The zero-order valence-electron chi connectivity index (χ0n) is 12.4. The molecule has 2 aromatic heterocycles. The summed E-state index contributed by atoms with van der Waals surface area (Å²) < 4.78 is 0. The van der Waals surface area contributed by atoms with Crippen LogP contribution in [0, 0.1) is 0 Å². The third kappa shape index (κ3) is 2.88. The third-order valence-electron chi connectivity index (χ3n) is 3.90. The molecule has 3 rings (SSSR count). The van der Waals surface area contributed by atoms with E-state index in [2.05, 4.69) is 20.6 Å². The van der Waals surface area contributed by atoms with Crippen molar-refractivity contribution in [3.05, 3.63) is 24.5 Å². The summed E-state index contributed by atoms with van der Waals surface area (Å²) in [5.41, 5.74) is 0.909. The molecule has 3 amide bonds. The molecule has 116 valence electrons. The Kier molecular flexibility index (Phi) is 3.95. The lowest BCUT2D eigenvalue weighted by Crippen LogP contribution is -2.53. The predicted octanol–water partition coefficient (Wildman–Crippen LogP) is 1.70. The highest BCUT2D eigenvalue weighted by atomic mass is 16.2. The molecule has 1 atom stereocenters. The number of urea groups is 1. The SMILES string of the molecule is CCN1CCCC(NC(=O)Nc2cc3cc[nH]c3cn2)C1=O. The average molecular weight is 301 g/mol. The monoisotopic (exact) mass is 301 g/mol. The quantitative estimate of drug-likeness (QED) is 0.806. The van der Waals surface area contributed by atoms with Crippen LogP contribution in [0.15, 0.2) is 24.5 Å². The number of pyridine rings is 1. The first kappa shape index (κ1) is 14.4. The fourth-order valence-corrected chi connectivity index (χ4v) is 2.72. The number of likely N-dealkylation sites (N-methyl/N-ethyl adjacent to an activating group) is 1. The second-order valence-corrected chi connectivity index (χ2v) is 5.35. The average Bonchev–Trinajstić information content (AvgIpc) is 2.97. The molecule has 0 saturated carbocycles. The van der Waals surface area contributed by atoms with Crippen LogP contribution in [0.3, 0.4) is 0 Å². The van der Waals surface area contributed by atoms with Crippen molar-refractivity contribution >= 4 is 28.7 Å². The number of nitrogens with zero attached hydrogens (tertiary/aromatic N) is 2. The fraction of sp³-hybridized carbons (Fsp3) is 0.400. The maximum atomic E-state index is 12.1. The minimum Gasteiger partial charge on any atom is -0.360 e. The molecular formula is C15H19N5O2. The zero-order valence-corrected chi connectivity index (χ0v) is 12.4. The van der Waals surface area contributed by atoms with Crippen LogP contribution >= 0.6 is 0 Å². The van der Waals surface area contributed by atoms with Gasteiger partial charge in [-0.25, -0.2) is 9.78 Å². The van der Waals surface area contributed by atoms with Crippen molar-refractivity contribution in [3.63, 3.8) is 0 Å². The van der Waals surface area contributed by atoms with Gasteiger partial charge in [-0.2, -0.15) is 0 Å². The van der Waals surface area contributed by atoms with E-state index in [9.17, 15) is 9.59 Å². The van der Waals surface area contributed by atoms with Crippen LogP contribution in [-0.4, -0.2) is 45.9 Å². The first-order valence-corrected chi connectivity index (χ1v) is 7.47. The lowest BCUT2D eigenvalue weighted by molar-refractivity contribution is -0.135. The largest absolute Gasteiger partial charge is 0.360 e. The molecule has 1 fully saturated rings. The molecule has 7 nitrogen and oxygen atoms in total. The third-order valence-corrected chi connectivity index (χ3v) is 3.90. The summed E-state index contributed by atoms with van der Waals surface area (Å²) in [6.07, 6.45) is 5.05. The van der Waals surface area contributed by atoms with Gasteiger partial charge in [-0.3, -0.25) is 10.1 Å². The molecule has 0 aromatic carbocycles. The maximum absolute atomic E-state index is 12.1. The number of aromatic amines is 1. The molecule has 0 aliphatic carbocycles. The van der Waals surface area contributed by atoms with Crippen molar-refractivity contribution < 1.29 is 9.59 Å². The lowest BCUT2D eigenvalue weighted by atomic mass is 10.1. The van der Waals surface area contributed by atoms with E-state index in [1.54, 1.807) is 17.2 Å². The van der Waals surface area contributed by atoms with Crippen molar-refractivity contribution in [2.24, 2.45) is 0 Å². The number of aromatic nitrogens is 2. The number of hydrogen-bond acceptors (Lipinski definition) is 3. The number of amides is 3. The van der Waals surface area contributed by atoms with Crippen molar-refractivity contribution in [3.8, 4) is 0 Å². The van der Waals surface area contributed by atoms with Gasteiger partial charge in [-0.1, -0.05) is 0 Å². The van der Waals surface area contributed by atoms with Crippen LogP contribution in [0.1, 0.15) is 19.8 Å². The van der Waals surface area contributed by atoms with Gasteiger partial charge in [0, 0.05) is 24.7 Å². The van der Waals surface area contributed by atoms with Gasteiger partial charge in [0.15, 0.2) is 0 Å². The summed E-state index contributed by atoms with van der Waals surface area (Å²) in [6, 6.07) is 2.83. The van der Waals surface area contributed by atoms with Gasteiger partial charge in [0.2, 0.25) is 5.91 Å². The van der Waals surface area contributed by atoms with Gasteiger partial charge in [-0.05, 0) is 31.9 Å². The van der Waals surface area contributed by atoms with E-state index in [0.717, 1.165) is 23.9 Å². The Morgan fingerprint density at radius 2 is 2.41 bits per heavy atom. The van der Waals surface area contributed by atoms with Gasteiger partial charge >= 0.3 is 6.03 Å². The molecule has 3 N–H and O–H groups in total. The summed E-state index contributed by atoms with van der Waals surface area (Å²) in [5, 5.41) is 6.38. The van der Waals surface area contributed by atoms with Crippen molar-refractivity contribution in [2.45, 2.75) is 25.8 Å². The molecule has 1 unspecified atom stereocenters. The first-order valence-electron chi connectivity index (χ1n) is 7.47. The maximum Gasteiger partial charge on any atom is 0.321 e. The van der Waals surface area contributed by atoms with E-state index < -0.39 is 12.1 Å². The van der Waals surface area contributed by atoms with Gasteiger partial charge < -0.3 is 15.2 Å². The summed E-state index contributed by atoms with van der Waals surface area (Å²) in [6.45, 7) is 3.38. The van der Waals surface area contributed by atoms with E-state index in [4.69, 9.17) is 0 Å². The van der Waals surface area contributed by atoms with Gasteiger partial charge in [0.1, 0.15) is 11.9 Å². The van der Waals surface area contributed by atoms with Gasteiger partial charge in [-0.15, -0.1) is 0 Å². The highest BCUT2D eigenvalue weighted by Gasteiger charge is 2.28. The van der Waals surface area contributed by atoms with Crippen molar-refractivity contribution in [2.75, 3.05) is 18.4 Å². The molecule has 22 heavy (non-hydrogen) atoms. The molecular weight excluding hydrogens is 282 g/mol. The molecule has 1 saturated heterocycles. The molecule has 2 aromatic rings. The number of hydrogen-bond donors (Lipinski definition) is 3. The van der Waals surface area contributed by atoms with E-state index in [-0.39, 0.29) is 5.91 Å². The van der Waals surface area contributed by atoms with Crippen LogP contribution in [0.5, 0.6) is 0 Å². The Hall–Kier alpha value is -2.57. The highest BCUT2D eigenvalue weighted by Crippen LogP contribution is 2.15. The van der Waals surface area contributed by atoms with E-state index in [0.29, 0.717) is 18.8 Å². The normalized spacial score (nSPS) is 18.5. The second-order valence-electron chi connectivity index (χ2n) is 5.35. The second kappa shape index (κ2) is 6.05. The Balaban J connectivity index is 1.63. The van der Waals surface area contributed by atoms with Crippen LogP contribution < -0.4 is 10.6 Å². The number of anilines is 1. The number of nitrogens with one attached hydrogen (secondary N) is 3. The Morgan fingerprint density at radius 3 is 3.23 bits per heavy atom. The standard InChI is InChI=1S/C15H19N5O2/c1-2-20-7-3-4-11(14(20)21)18-15(22)19-13-8-10-5-6-16-12(10)9-17-13/h5-6,8-9,11,16H,2-4,7H2,1H3,(H2,17,18,19,22). The molecule has 1 aliphatic heterocycles. The zero-order chi connectivity index (χ0) is 15.5. The van der Waals surface area contributed by atoms with Crippen LogP contribution in [0.25, 0.3) is 10.9 Å². The lowest BCUT2D eigenvalue weighted by Gasteiger charge is -2.31. The summed E-state index contributed by atoms with van der Waals surface area (Å²) in [5.74, 6) is 0.443. The summed E-state index contributed by atoms with van der Waals surface area (Å²) >= 11 is 0. The summed E-state index contributed by atoms with van der Waals surface area (Å²) in [4.78, 5) is 33.2. The van der Waals surface area contributed by atoms with Crippen LogP contribution in [0.4, 0.5) is 10.6 Å². The van der Waals surface area contributed by atoms with E-state index >= 15 is 0 Å². The smallest absolute Gasteiger partial charge is 0.321 e. The predicted molar refractivity (Wildman–Crippen MR) is 83.5 cm³/mol. The van der Waals surface area contributed by atoms with Gasteiger partial charge in [0.25, 0.3) is 0 Å². The fourth-order valence-electron chi connectivity index (χ4n) is 2.72. The number of carbonyl (C=O) groups is 2. The van der Waals surface area contributed by atoms with Crippen molar-refractivity contribution in [1.82, 2.24) is 20.2 Å². The molecule has 0 radical (unpaired) electrons. The molecule has 1 aliphatic rings. The molecule has 3 heterocycles. The molecule has 0 spiro atoms. The number of likely N-dealkylation sites (tertiary alicyclic amines) is 1. The minimum atomic E-state index is -0.454. The molecule has 7 heteroatoms. The van der Waals surface area contributed by atoms with E-state index in [1.807, 2.05) is 19.2 Å². The van der Waals surface area contributed by atoms with E-state index in [1.165, 1.54) is 0 Å². The Labute approximate surface area is 128 Å².